The molecule has 4 heteroatoms. The lowest BCUT2D eigenvalue weighted by molar-refractivity contribution is 0.0119. The largest absolute Gasteiger partial charge is 0.465 e. The molecule has 0 spiro atoms. The molecule has 0 bridgehead atoms. The van der Waals surface area contributed by atoms with Crippen molar-refractivity contribution in [2.75, 3.05) is 6.54 Å². The summed E-state index contributed by atoms with van der Waals surface area (Å²) in [7, 11) is 0. The van der Waals surface area contributed by atoms with Crippen LogP contribution in [0.25, 0.3) is 0 Å². The van der Waals surface area contributed by atoms with E-state index in [0.717, 1.165) is 32.1 Å². The van der Waals surface area contributed by atoms with Crippen molar-refractivity contribution in [2.24, 2.45) is 0 Å². The van der Waals surface area contributed by atoms with Crippen molar-refractivity contribution in [3.05, 3.63) is 0 Å². The quantitative estimate of drug-likeness (QED) is 0.730. The lowest BCUT2D eigenvalue weighted by Crippen LogP contribution is -2.50. The van der Waals surface area contributed by atoms with Gasteiger partial charge in [-0.1, -0.05) is 19.8 Å². The fourth-order valence-corrected chi connectivity index (χ4v) is 2.04. The number of carbonyl (C=O) groups is 1. The average Bonchev–Trinajstić information content (AvgIpc) is 2.15. The fraction of sp³-hybridized carbons (Fsp3) is 0.900. The standard InChI is InChI=1S/C10H19NO3/c1-2-3-5-8-9(12)6-4-7-11(8)10(13)14/h8-9,12H,2-7H2,1H3,(H,13,14). The first-order valence-electron chi connectivity index (χ1n) is 5.34. The topological polar surface area (TPSA) is 60.8 Å². The highest BCUT2D eigenvalue weighted by molar-refractivity contribution is 5.65. The van der Waals surface area contributed by atoms with Crippen molar-refractivity contribution < 1.29 is 15.0 Å². The fourth-order valence-electron chi connectivity index (χ4n) is 2.04. The van der Waals surface area contributed by atoms with Gasteiger partial charge in [0.1, 0.15) is 0 Å². The number of unbranched alkanes of at least 4 members (excludes halogenated alkanes) is 1. The van der Waals surface area contributed by atoms with Crippen LogP contribution in [0.4, 0.5) is 4.79 Å². The summed E-state index contributed by atoms with van der Waals surface area (Å²) in [6.45, 7) is 2.64. The number of piperidine rings is 1. The monoisotopic (exact) mass is 201 g/mol. The van der Waals surface area contributed by atoms with E-state index in [2.05, 4.69) is 6.92 Å². The van der Waals surface area contributed by atoms with Crippen LogP contribution in [0, 0.1) is 0 Å². The van der Waals surface area contributed by atoms with Crippen LogP contribution in [0.2, 0.25) is 0 Å². The molecule has 0 saturated carbocycles. The zero-order valence-corrected chi connectivity index (χ0v) is 8.65. The number of hydrogen-bond acceptors (Lipinski definition) is 2. The third-order valence-corrected chi connectivity index (χ3v) is 2.84. The number of rotatable bonds is 3. The van der Waals surface area contributed by atoms with Gasteiger partial charge < -0.3 is 15.1 Å². The molecular weight excluding hydrogens is 182 g/mol. The minimum Gasteiger partial charge on any atom is -0.465 e. The molecule has 1 aliphatic heterocycles. The highest BCUT2D eigenvalue weighted by Gasteiger charge is 2.32. The molecule has 1 aliphatic rings. The van der Waals surface area contributed by atoms with Gasteiger partial charge in [0.25, 0.3) is 0 Å². The molecule has 2 unspecified atom stereocenters. The predicted octanol–water partition coefficient (Wildman–Crippen LogP) is 1.68. The summed E-state index contributed by atoms with van der Waals surface area (Å²) in [5, 5.41) is 18.7. The van der Waals surface area contributed by atoms with E-state index in [9.17, 15) is 9.90 Å². The van der Waals surface area contributed by atoms with E-state index in [4.69, 9.17) is 5.11 Å². The van der Waals surface area contributed by atoms with Gasteiger partial charge in [0.05, 0.1) is 12.1 Å². The van der Waals surface area contributed by atoms with Crippen molar-refractivity contribution in [2.45, 2.75) is 51.2 Å². The van der Waals surface area contributed by atoms with E-state index >= 15 is 0 Å². The third-order valence-electron chi connectivity index (χ3n) is 2.84. The van der Waals surface area contributed by atoms with Crippen molar-refractivity contribution in [1.29, 1.82) is 0 Å². The van der Waals surface area contributed by atoms with Crippen LogP contribution in [0.5, 0.6) is 0 Å². The molecule has 1 heterocycles. The summed E-state index contributed by atoms with van der Waals surface area (Å²) in [6, 6.07) is -0.179. The Morgan fingerprint density at radius 1 is 1.57 bits per heavy atom. The number of likely N-dealkylation sites (tertiary alicyclic amines) is 1. The van der Waals surface area contributed by atoms with E-state index in [1.165, 1.54) is 4.90 Å². The normalized spacial score (nSPS) is 27.7. The van der Waals surface area contributed by atoms with Crippen LogP contribution in [0.15, 0.2) is 0 Å². The lowest BCUT2D eigenvalue weighted by Gasteiger charge is -2.37. The third kappa shape index (κ3) is 2.61. The predicted molar refractivity (Wildman–Crippen MR) is 53.3 cm³/mol. The van der Waals surface area contributed by atoms with Crippen LogP contribution in [-0.4, -0.2) is 39.9 Å². The lowest BCUT2D eigenvalue weighted by atomic mass is 9.95. The Morgan fingerprint density at radius 3 is 2.86 bits per heavy atom. The number of hydrogen-bond donors (Lipinski definition) is 2. The molecule has 4 nitrogen and oxygen atoms in total. The zero-order valence-electron chi connectivity index (χ0n) is 8.65. The first kappa shape index (κ1) is 11.3. The summed E-state index contributed by atoms with van der Waals surface area (Å²) < 4.78 is 0. The second kappa shape index (κ2) is 5.20. The van der Waals surface area contributed by atoms with Crippen LogP contribution in [0.3, 0.4) is 0 Å². The number of nitrogens with zero attached hydrogens (tertiary/aromatic N) is 1. The summed E-state index contributed by atoms with van der Waals surface area (Å²) in [5.74, 6) is 0. The van der Waals surface area contributed by atoms with Crippen LogP contribution in [0.1, 0.15) is 39.0 Å². The maximum Gasteiger partial charge on any atom is 0.407 e. The van der Waals surface area contributed by atoms with E-state index in [1.54, 1.807) is 0 Å². The summed E-state index contributed by atoms with van der Waals surface area (Å²) >= 11 is 0. The van der Waals surface area contributed by atoms with E-state index < -0.39 is 12.2 Å². The Bertz CT molecular complexity index is 196. The molecular formula is C10H19NO3. The Balaban J connectivity index is 2.56. The minimum atomic E-state index is -0.898. The van der Waals surface area contributed by atoms with Gasteiger partial charge in [-0.25, -0.2) is 4.79 Å². The van der Waals surface area contributed by atoms with Gasteiger partial charge in [-0.15, -0.1) is 0 Å². The molecule has 0 aromatic rings. The van der Waals surface area contributed by atoms with Crippen molar-refractivity contribution in [3.63, 3.8) is 0 Å². The summed E-state index contributed by atoms with van der Waals surface area (Å²) in [4.78, 5) is 12.3. The molecule has 0 aliphatic carbocycles. The Morgan fingerprint density at radius 2 is 2.29 bits per heavy atom. The average molecular weight is 201 g/mol. The molecule has 2 N–H and O–H groups in total. The second-order valence-corrected chi connectivity index (χ2v) is 3.90. The molecule has 0 aromatic carbocycles. The van der Waals surface area contributed by atoms with Gasteiger partial charge in [0.2, 0.25) is 0 Å². The first-order valence-corrected chi connectivity index (χ1v) is 5.34. The highest BCUT2D eigenvalue weighted by Crippen LogP contribution is 2.22. The number of carboxylic acid groups (broad SMARTS) is 1. The van der Waals surface area contributed by atoms with Crippen molar-refractivity contribution in [1.82, 2.24) is 4.90 Å². The van der Waals surface area contributed by atoms with E-state index in [0.29, 0.717) is 6.54 Å². The molecule has 0 radical (unpaired) electrons. The van der Waals surface area contributed by atoms with Crippen LogP contribution >= 0.6 is 0 Å². The van der Waals surface area contributed by atoms with Gasteiger partial charge in [-0.3, -0.25) is 0 Å². The Kier molecular flexibility index (Phi) is 4.20. The van der Waals surface area contributed by atoms with Gasteiger partial charge in [0, 0.05) is 6.54 Å². The maximum absolute atomic E-state index is 10.9. The molecule has 2 atom stereocenters. The molecule has 14 heavy (non-hydrogen) atoms. The molecule has 1 rings (SSSR count). The van der Waals surface area contributed by atoms with Crippen LogP contribution < -0.4 is 0 Å². The Labute approximate surface area is 84.5 Å². The smallest absolute Gasteiger partial charge is 0.407 e. The highest BCUT2D eigenvalue weighted by atomic mass is 16.4. The van der Waals surface area contributed by atoms with Crippen LogP contribution in [-0.2, 0) is 0 Å². The van der Waals surface area contributed by atoms with E-state index in [1.807, 2.05) is 0 Å². The molecule has 0 aromatic heterocycles. The van der Waals surface area contributed by atoms with Gasteiger partial charge in [0.15, 0.2) is 0 Å². The SMILES string of the molecule is CCCCC1C(O)CCCN1C(=O)O. The van der Waals surface area contributed by atoms with Crippen molar-refractivity contribution >= 4 is 6.09 Å². The number of amides is 1. The Hall–Kier alpha value is -0.770. The minimum absolute atomic E-state index is 0.179. The summed E-state index contributed by atoms with van der Waals surface area (Å²) in [6.07, 6.45) is 2.94. The number of aliphatic hydroxyl groups is 1. The second-order valence-electron chi connectivity index (χ2n) is 3.90. The van der Waals surface area contributed by atoms with Gasteiger partial charge >= 0.3 is 6.09 Å². The summed E-state index contributed by atoms with van der Waals surface area (Å²) in [5.41, 5.74) is 0. The van der Waals surface area contributed by atoms with Gasteiger partial charge in [-0.05, 0) is 19.3 Å². The first-order chi connectivity index (χ1) is 6.66. The van der Waals surface area contributed by atoms with E-state index in [-0.39, 0.29) is 6.04 Å². The molecule has 1 saturated heterocycles. The molecule has 1 fully saturated rings. The molecule has 1 amide bonds. The van der Waals surface area contributed by atoms with Gasteiger partial charge in [-0.2, -0.15) is 0 Å². The maximum atomic E-state index is 10.9. The molecule has 82 valence electrons. The zero-order chi connectivity index (χ0) is 10.6. The van der Waals surface area contributed by atoms with Crippen molar-refractivity contribution in [3.8, 4) is 0 Å². The number of aliphatic hydroxyl groups excluding tert-OH is 1.